The lowest BCUT2D eigenvalue weighted by atomic mass is 10.3. The number of hydrogen-bond donors (Lipinski definition) is 1. The highest BCUT2D eigenvalue weighted by Gasteiger charge is 2.17. The van der Waals surface area contributed by atoms with E-state index in [1.807, 2.05) is 31.2 Å². The maximum Gasteiger partial charge on any atom is 0.296 e. The zero-order valence-corrected chi connectivity index (χ0v) is 14.1. The fourth-order valence-corrected chi connectivity index (χ4v) is 2.51. The van der Waals surface area contributed by atoms with Crippen molar-refractivity contribution in [2.75, 3.05) is 12.4 Å². The average Bonchev–Trinajstić information content (AvgIpc) is 3.25. The first-order chi connectivity index (χ1) is 12.6. The Morgan fingerprint density at radius 2 is 2.00 bits per heavy atom. The van der Waals surface area contributed by atoms with E-state index in [-0.39, 0.29) is 5.82 Å². The number of ether oxygens (including phenoxy) is 1. The maximum atomic E-state index is 12.5. The number of rotatable bonds is 4. The van der Waals surface area contributed by atoms with Crippen LogP contribution in [0.1, 0.15) is 16.3 Å². The summed E-state index contributed by atoms with van der Waals surface area (Å²) in [4.78, 5) is 20.7. The molecule has 0 unspecified atom stereocenters. The van der Waals surface area contributed by atoms with Crippen LogP contribution >= 0.6 is 0 Å². The van der Waals surface area contributed by atoms with Crippen molar-refractivity contribution in [1.82, 2.24) is 29.4 Å². The standard InChI is InChI=1S/C17H15N7O2/c1-11-10-14(24(21-11)12-4-6-13(26-2)7-5-12)19-16(25)15-20-17-18-8-3-9-23(17)22-15/h3-10H,1-2H3,(H,19,25). The number of carbonyl (C=O) groups excluding carboxylic acids is 1. The molecule has 0 spiro atoms. The van der Waals surface area contributed by atoms with E-state index in [0.29, 0.717) is 11.6 Å². The zero-order valence-electron chi connectivity index (χ0n) is 14.1. The SMILES string of the molecule is COc1ccc(-n2nc(C)cc2NC(=O)c2nc3ncccn3n2)cc1. The molecule has 0 fully saturated rings. The van der Waals surface area contributed by atoms with Crippen molar-refractivity contribution in [2.45, 2.75) is 6.92 Å². The molecule has 0 aliphatic carbocycles. The van der Waals surface area contributed by atoms with Crippen molar-refractivity contribution in [2.24, 2.45) is 0 Å². The normalized spacial score (nSPS) is 10.8. The van der Waals surface area contributed by atoms with Crippen molar-refractivity contribution in [3.63, 3.8) is 0 Å². The molecule has 26 heavy (non-hydrogen) atoms. The van der Waals surface area contributed by atoms with E-state index in [0.717, 1.165) is 17.1 Å². The monoisotopic (exact) mass is 349 g/mol. The van der Waals surface area contributed by atoms with Crippen LogP contribution in [0.25, 0.3) is 11.5 Å². The number of nitrogens with one attached hydrogen (secondary N) is 1. The van der Waals surface area contributed by atoms with Crippen LogP contribution in [0.4, 0.5) is 5.82 Å². The fraction of sp³-hybridized carbons (Fsp3) is 0.118. The summed E-state index contributed by atoms with van der Waals surface area (Å²) >= 11 is 0. The van der Waals surface area contributed by atoms with Gasteiger partial charge in [-0.15, -0.1) is 5.10 Å². The van der Waals surface area contributed by atoms with Crippen LogP contribution in [0.15, 0.2) is 48.8 Å². The van der Waals surface area contributed by atoms with Crippen LogP contribution < -0.4 is 10.1 Å². The van der Waals surface area contributed by atoms with Crippen molar-refractivity contribution in [1.29, 1.82) is 0 Å². The Bertz CT molecular complexity index is 1050. The Labute approximate surface area is 148 Å². The van der Waals surface area contributed by atoms with Crippen LogP contribution in [0, 0.1) is 6.92 Å². The third kappa shape index (κ3) is 2.86. The third-order valence-electron chi connectivity index (χ3n) is 3.71. The molecule has 3 aromatic heterocycles. The summed E-state index contributed by atoms with van der Waals surface area (Å²) in [6.45, 7) is 1.85. The molecular weight excluding hydrogens is 334 g/mol. The Kier molecular flexibility index (Phi) is 3.81. The number of carbonyl (C=O) groups is 1. The smallest absolute Gasteiger partial charge is 0.296 e. The highest BCUT2D eigenvalue weighted by atomic mass is 16.5. The maximum absolute atomic E-state index is 12.5. The Morgan fingerprint density at radius 1 is 1.19 bits per heavy atom. The average molecular weight is 349 g/mol. The number of methoxy groups -OCH3 is 1. The molecule has 0 radical (unpaired) electrons. The highest BCUT2D eigenvalue weighted by molar-refractivity contribution is 6.01. The molecule has 4 rings (SSSR count). The molecule has 0 saturated heterocycles. The van der Waals surface area contributed by atoms with Gasteiger partial charge in [0, 0.05) is 18.5 Å². The Hall–Kier alpha value is -3.75. The van der Waals surface area contributed by atoms with Crippen molar-refractivity contribution >= 4 is 17.5 Å². The van der Waals surface area contributed by atoms with Crippen LogP contribution in [0.5, 0.6) is 5.75 Å². The van der Waals surface area contributed by atoms with Gasteiger partial charge in [-0.1, -0.05) is 0 Å². The van der Waals surface area contributed by atoms with Gasteiger partial charge >= 0.3 is 0 Å². The number of aromatic nitrogens is 6. The molecule has 1 aromatic carbocycles. The quantitative estimate of drug-likeness (QED) is 0.604. The van der Waals surface area contributed by atoms with E-state index in [4.69, 9.17) is 4.74 Å². The predicted octanol–water partition coefficient (Wildman–Crippen LogP) is 1.88. The van der Waals surface area contributed by atoms with Crippen LogP contribution in [0.2, 0.25) is 0 Å². The van der Waals surface area contributed by atoms with Crippen molar-refractivity contribution in [3.05, 3.63) is 60.3 Å². The molecule has 0 aliphatic heterocycles. The summed E-state index contributed by atoms with van der Waals surface area (Å²) < 4.78 is 8.25. The lowest BCUT2D eigenvalue weighted by Gasteiger charge is -2.08. The zero-order chi connectivity index (χ0) is 18.1. The number of fused-ring (bicyclic) bond motifs is 1. The van der Waals surface area contributed by atoms with E-state index in [1.165, 1.54) is 4.52 Å². The van der Waals surface area contributed by atoms with E-state index in [9.17, 15) is 4.79 Å². The number of nitrogens with zero attached hydrogens (tertiary/aromatic N) is 6. The van der Waals surface area contributed by atoms with E-state index < -0.39 is 5.91 Å². The molecule has 1 N–H and O–H groups in total. The number of amides is 1. The lowest BCUT2D eigenvalue weighted by molar-refractivity contribution is 0.101. The molecule has 0 bridgehead atoms. The minimum atomic E-state index is -0.440. The van der Waals surface area contributed by atoms with Gasteiger partial charge in [-0.2, -0.15) is 10.1 Å². The van der Waals surface area contributed by atoms with Gasteiger partial charge < -0.3 is 10.1 Å². The van der Waals surface area contributed by atoms with E-state index in [2.05, 4.69) is 25.5 Å². The van der Waals surface area contributed by atoms with Crippen LogP contribution in [0.3, 0.4) is 0 Å². The molecule has 3 heterocycles. The van der Waals surface area contributed by atoms with Gasteiger partial charge in [0.15, 0.2) is 0 Å². The number of anilines is 1. The molecule has 0 atom stereocenters. The lowest BCUT2D eigenvalue weighted by Crippen LogP contribution is -2.16. The van der Waals surface area contributed by atoms with Gasteiger partial charge in [0.05, 0.1) is 18.5 Å². The Balaban J connectivity index is 1.64. The van der Waals surface area contributed by atoms with Gasteiger partial charge in [0.2, 0.25) is 5.82 Å². The highest BCUT2D eigenvalue weighted by Crippen LogP contribution is 2.20. The second-order valence-corrected chi connectivity index (χ2v) is 5.53. The number of hydrogen-bond acceptors (Lipinski definition) is 6. The minimum absolute atomic E-state index is 0.0313. The molecule has 0 saturated carbocycles. The largest absolute Gasteiger partial charge is 0.497 e. The minimum Gasteiger partial charge on any atom is -0.497 e. The summed E-state index contributed by atoms with van der Waals surface area (Å²) in [7, 11) is 1.61. The first-order valence-corrected chi connectivity index (χ1v) is 7.84. The molecular formula is C17H15N7O2. The van der Waals surface area contributed by atoms with Crippen molar-refractivity contribution in [3.8, 4) is 11.4 Å². The van der Waals surface area contributed by atoms with Gasteiger partial charge in [-0.05, 0) is 37.3 Å². The second kappa shape index (κ2) is 6.28. The Morgan fingerprint density at radius 3 is 2.73 bits per heavy atom. The molecule has 130 valence electrons. The summed E-state index contributed by atoms with van der Waals surface area (Å²) in [6.07, 6.45) is 3.27. The van der Waals surface area contributed by atoms with Crippen LogP contribution in [-0.4, -0.2) is 42.4 Å². The summed E-state index contributed by atoms with van der Waals surface area (Å²) in [6, 6.07) is 10.9. The number of aryl methyl sites for hydroxylation is 1. The third-order valence-corrected chi connectivity index (χ3v) is 3.71. The first-order valence-electron chi connectivity index (χ1n) is 7.84. The molecule has 4 aromatic rings. The van der Waals surface area contributed by atoms with Gasteiger partial charge in [0.1, 0.15) is 11.6 Å². The molecule has 0 aliphatic rings. The van der Waals surface area contributed by atoms with Gasteiger partial charge in [0.25, 0.3) is 11.7 Å². The topological polar surface area (TPSA) is 99.2 Å². The first kappa shape index (κ1) is 15.8. The summed E-state index contributed by atoms with van der Waals surface area (Å²) in [5.41, 5.74) is 1.56. The number of benzene rings is 1. The predicted molar refractivity (Wildman–Crippen MR) is 93.6 cm³/mol. The van der Waals surface area contributed by atoms with E-state index >= 15 is 0 Å². The molecule has 9 heteroatoms. The van der Waals surface area contributed by atoms with Gasteiger partial charge in [-0.25, -0.2) is 14.2 Å². The summed E-state index contributed by atoms with van der Waals surface area (Å²) in [5, 5.41) is 11.4. The summed E-state index contributed by atoms with van der Waals surface area (Å²) in [5.74, 6) is 1.21. The van der Waals surface area contributed by atoms with E-state index in [1.54, 1.807) is 36.3 Å². The fourth-order valence-electron chi connectivity index (χ4n) is 2.51. The molecule has 1 amide bonds. The second-order valence-electron chi connectivity index (χ2n) is 5.53. The molecule has 9 nitrogen and oxygen atoms in total. The van der Waals surface area contributed by atoms with Crippen LogP contribution in [-0.2, 0) is 0 Å². The van der Waals surface area contributed by atoms with Crippen molar-refractivity contribution < 1.29 is 9.53 Å². The van der Waals surface area contributed by atoms with Gasteiger partial charge in [-0.3, -0.25) is 4.79 Å².